The molecule has 2 aromatic rings. The lowest BCUT2D eigenvalue weighted by Gasteiger charge is -2.44. The molecular weight excluding hydrogens is 653 g/mol. The summed E-state index contributed by atoms with van der Waals surface area (Å²) in [6.07, 6.45) is 34.9. The summed E-state index contributed by atoms with van der Waals surface area (Å²) >= 11 is 0. The Morgan fingerprint density at radius 1 is 0.547 bits per heavy atom. The second kappa shape index (κ2) is 26.9. The van der Waals surface area contributed by atoms with Crippen LogP contribution in [0.4, 0.5) is 0 Å². The van der Waals surface area contributed by atoms with Crippen molar-refractivity contribution in [2.75, 3.05) is 0 Å². The van der Waals surface area contributed by atoms with Crippen LogP contribution in [0.3, 0.4) is 0 Å². The zero-order valence-electron chi connectivity index (χ0n) is 34.0. The molecule has 5 nitrogen and oxygen atoms in total. The van der Waals surface area contributed by atoms with Crippen molar-refractivity contribution in [1.82, 2.24) is 0 Å². The Bertz CT molecular complexity index is 1260. The Morgan fingerprint density at radius 3 is 1.30 bits per heavy atom. The lowest BCUT2D eigenvalue weighted by Crippen LogP contribution is -2.59. The lowest BCUT2D eigenvalue weighted by molar-refractivity contribution is -0.153. The predicted octanol–water partition coefficient (Wildman–Crippen LogP) is 14.7. The molecule has 0 saturated heterocycles. The maximum atomic E-state index is 15.2. The summed E-state index contributed by atoms with van der Waals surface area (Å²) < 4.78 is 0. The number of hydrogen-bond donors (Lipinski definition) is 1. The van der Waals surface area contributed by atoms with E-state index in [0.29, 0.717) is 12.0 Å². The molecule has 3 rings (SSSR count). The number of Topliss-reactive ketones (excluding diaryl/α,β-unsaturated/α-hetero) is 1. The molecule has 0 bridgehead atoms. The highest BCUT2D eigenvalue weighted by Crippen LogP contribution is 2.49. The highest BCUT2D eigenvalue weighted by molar-refractivity contribution is 6.14. The number of unbranched alkanes of at least 4 members (excludes halogenated alkanes) is 25. The number of carboxylic acid groups (broad SMARTS) is 1. The molecule has 3 unspecified atom stereocenters. The Hall–Kier alpha value is -2.82. The van der Waals surface area contributed by atoms with Crippen molar-refractivity contribution in [3.63, 3.8) is 0 Å². The topological polar surface area (TPSA) is 79.1 Å². The summed E-state index contributed by atoms with van der Waals surface area (Å²) in [4.78, 5) is 28.7. The maximum absolute atomic E-state index is 15.2. The van der Waals surface area contributed by atoms with Gasteiger partial charge >= 0.3 is 5.97 Å². The summed E-state index contributed by atoms with van der Waals surface area (Å²) in [7, 11) is 0. The molecule has 0 aliphatic carbocycles. The number of azo groups is 1. The van der Waals surface area contributed by atoms with E-state index in [-0.39, 0.29) is 18.2 Å². The Labute approximate surface area is 324 Å². The first-order valence-electron chi connectivity index (χ1n) is 22.3. The minimum Gasteiger partial charge on any atom is -0.480 e. The standard InChI is InChI=1S/C48H76N2O3/c1-3-5-7-9-11-13-15-17-19-21-23-25-27-35-41-47(46(52)53,42-36-30-28-31-37-42)45(51)48(43-38-32-29-33-39-43)44(49-50-48)40-34-26-24-22-20-18-16-14-12-10-8-6-4-2/h28-33,36-39,44H,3-27,34-35,40-41H2,1-2H3,(H,52,53). The van der Waals surface area contributed by atoms with E-state index in [1.165, 1.54) is 141 Å². The summed E-state index contributed by atoms with van der Waals surface area (Å²) in [6, 6.07) is 18.6. The van der Waals surface area contributed by atoms with Gasteiger partial charge in [-0.15, -0.1) is 0 Å². The maximum Gasteiger partial charge on any atom is 0.321 e. The van der Waals surface area contributed by atoms with Crippen molar-refractivity contribution in [3.05, 3.63) is 71.8 Å². The average molecular weight is 729 g/mol. The molecule has 0 amide bonds. The van der Waals surface area contributed by atoms with Crippen LogP contribution < -0.4 is 0 Å². The molecule has 0 radical (unpaired) electrons. The van der Waals surface area contributed by atoms with Crippen LogP contribution in [0.25, 0.3) is 0 Å². The van der Waals surface area contributed by atoms with Crippen LogP contribution in [0.1, 0.15) is 211 Å². The Balaban J connectivity index is 1.56. The fraction of sp³-hybridized carbons (Fsp3) is 0.708. The van der Waals surface area contributed by atoms with E-state index in [9.17, 15) is 9.90 Å². The SMILES string of the molecule is CCCCCCCCCCCCCCCCC(C(=O)O)(C(=O)C1(c2ccccc2)N=NC1CCCCCCCCCCCCCCC)c1ccccc1. The summed E-state index contributed by atoms with van der Waals surface area (Å²) in [5.74, 6) is -1.39. The average Bonchev–Trinajstić information content (AvgIpc) is 3.17. The number of aliphatic carboxylic acids is 1. The molecule has 1 N–H and O–H groups in total. The van der Waals surface area contributed by atoms with Crippen LogP contribution in [0.2, 0.25) is 0 Å². The fourth-order valence-corrected chi connectivity index (χ4v) is 8.50. The van der Waals surface area contributed by atoms with Crippen LogP contribution in [-0.2, 0) is 20.5 Å². The number of carbonyl (C=O) groups excluding carboxylic acids is 1. The third-order valence-corrected chi connectivity index (χ3v) is 11.9. The third kappa shape index (κ3) is 14.4. The first-order valence-corrected chi connectivity index (χ1v) is 22.3. The highest BCUT2D eigenvalue weighted by atomic mass is 16.4. The molecule has 2 aromatic carbocycles. The van der Waals surface area contributed by atoms with Gasteiger partial charge in [0.2, 0.25) is 0 Å². The molecule has 0 saturated carbocycles. The first-order chi connectivity index (χ1) is 26.0. The van der Waals surface area contributed by atoms with Crippen LogP contribution >= 0.6 is 0 Å². The smallest absolute Gasteiger partial charge is 0.321 e. The normalized spacial score (nSPS) is 17.7. The first kappa shape index (κ1) is 44.6. The van der Waals surface area contributed by atoms with Crippen molar-refractivity contribution in [1.29, 1.82) is 0 Å². The molecule has 0 spiro atoms. The van der Waals surface area contributed by atoms with Gasteiger partial charge in [-0.2, -0.15) is 10.2 Å². The fourth-order valence-electron chi connectivity index (χ4n) is 8.50. The minimum atomic E-state index is -1.68. The van der Waals surface area contributed by atoms with Gasteiger partial charge in [0, 0.05) is 0 Å². The number of benzene rings is 2. The zero-order chi connectivity index (χ0) is 37.9. The monoisotopic (exact) mass is 729 g/mol. The summed E-state index contributed by atoms with van der Waals surface area (Å²) in [6.45, 7) is 4.54. The molecule has 1 heterocycles. The van der Waals surface area contributed by atoms with E-state index in [1.807, 2.05) is 60.7 Å². The molecule has 0 fully saturated rings. The van der Waals surface area contributed by atoms with Gasteiger partial charge in [-0.1, -0.05) is 248 Å². The van der Waals surface area contributed by atoms with Crippen molar-refractivity contribution in [2.45, 2.75) is 217 Å². The molecule has 5 heteroatoms. The highest BCUT2D eigenvalue weighted by Gasteiger charge is 2.62. The van der Waals surface area contributed by atoms with Gasteiger partial charge in [0.25, 0.3) is 0 Å². The minimum absolute atomic E-state index is 0.277. The van der Waals surface area contributed by atoms with Crippen LogP contribution in [0, 0.1) is 0 Å². The molecule has 1 aliphatic heterocycles. The molecule has 0 aromatic heterocycles. The van der Waals surface area contributed by atoms with Crippen LogP contribution in [-0.4, -0.2) is 22.9 Å². The van der Waals surface area contributed by atoms with Gasteiger partial charge in [0.1, 0.15) is 6.04 Å². The number of rotatable bonds is 34. The summed E-state index contributed by atoms with van der Waals surface area (Å²) in [5.41, 5.74) is -1.63. The third-order valence-electron chi connectivity index (χ3n) is 11.9. The van der Waals surface area contributed by atoms with Crippen molar-refractivity contribution >= 4 is 11.8 Å². The van der Waals surface area contributed by atoms with E-state index in [4.69, 9.17) is 0 Å². The van der Waals surface area contributed by atoms with Gasteiger partial charge in [0.05, 0.1) is 0 Å². The van der Waals surface area contributed by atoms with Crippen LogP contribution in [0.5, 0.6) is 0 Å². The molecule has 3 atom stereocenters. The van der Waals surface area contributed by atoms with E-state index >= 15 is 4.79 Å². The number of nitrogens with zero attached hydrogens (tertiary/aromatic N) is 2. The van der Waals surface area contributed by atoms with Gasteiger partial charge in [-0.3, -0.25) is 9.59 Å². The predicted molar refractivity (Wildman–Crippen MR) is 223 cm³/mol. The van der Waals surface area contributed by atoms with Crippen molar-refractivity contribution in [3.8, 4) is 0 Å². The molecule has 1 aliphatic rings. The van der Waals surface area contributed by atoms with Crippen molar-refractivity contribution in [2.24, 2.45) is 10.2 Å². The number of hydrogen-bond acceptors (Lipinski definition) is 4. The van der Waals surface area contributed by atoms with E-state index in [2.05, 4.69) is 24.1 Å². The van der Waals surface area contributed by atoms with Crippen LogP contribution in [0.15, 0.2) is 70.9 Å². The zero-order valence-corrected chi connectivity index (χ0v) is 34.0. The summed E-state index contributed by atoms with van der Waals surface area (Å²) in [5, 5.41) is 20.3. The number of carboxylic acids is 1. The molecule has 296 valence electrons. The van der Waals surface area contributed by atoms with Gasteiger partial charge in [-0.05, 0) is 24.0 Å². The quantitative estimate of drug-likeness (QED) is 0.0575. The second-order valence-corrected chi connectivity index (χ2v) is 16.1. The lowest BCUT2D eigenvalue weighted by atomic mass is 9.62. The van der Waals surface area contributed by atoms with Gasteiger partial charge < -0.3 is 5.11 Å². The number of carbonyl (C=O) groups is 2. The van der Waals surface area contributed by atoms with Gasteiger partial charge in [0.15, 0.2) is 16.7 Å². The Morgan fingerprint density at radius 2 is 0.925 bits per heavy atom. The van der Waals surface area contributed by atoms with E-state index in [1.54, 1.807) is 0 Å². The molecular formula is C48H76N2O3. The Kier molecular flexibility index (Phi) is 22.6. The van der Waals surface area contributed by atoms with Gasteiger partial charge in [-0.25, -0.2) is 0 Å². The van der Waals surface area contributed by atoms with E-state index in [0.717, 1.165) is 37.7 Å². The number of ketones is 1. The molecule has 53 heavy (non-hydrogen) atoms. The second-order valence-electron chi connectivity index (χ2n) is 16.1. The van der Waals surface area contributed by atoms with Crippen molar-refractivity contribution < 1.29 is 14.7 Å². The largest absolute Gasteiger partial charge is 0.480 e. The van der Waals surface area contributed by atoms with E-state index < -0.39 is 16.9 Å².